The summed E-state index contributed by atoms with van der Waals surface area (Å²) in [5, 5.41) is 3.64. The summed E-state index contributed by atoms with van der Waals surface area (Å²) in [6, 6.07) is 3.40. The van der Waals surface area contributed by atoms with Gasteiger partial charge in [-0.15, -0.1) is 0 Å². The fourth-order valence-electron chi connectivity index (χ4n) is 2.06. The van der Waals surface area contributed by atoms with Crippen molar-refractivity contribution in [3.63, 3.8) is 0 Å². The Morgan fingerprint density at radius 1 is 1.21 bits per heavy atom. The van der Waals surface area contributed by atoms with E-state index in [4.69, 9.17) is 0 Å². The van der Waals surface area contributed by atoms with Crippen LogP contribution in [0.1, 0.15) is 15.9 Å². The molecule has 6 heteroatoms. The number of ketones is 1. The van der Waals surface area contributed by atoms with E-state index >= 15 is 0 Å². The molecule has 19 heavy (non-hydrogen) atoms. The highest BCUT2D eigenvalue weighted by Crippen LogP contribution is 2.33. The van der Waals surface area contributed by atoms with Gasteiger partial charge in [-0.1, -0.05) is 0 Å². The van der Waals surface area contributed by atoms with E-state index in [0.717, 1.165) is 16.5 Å². The van der Waals surface area contributed by atoms with Gasteiger partial charge in [-0.3, -0.25) is 9.59 Å². The first-order chi connectivity index (χ1) is 9.08. The highest BCUT2D eigenvalue weighted by Gasteiger charge is 2.38. The van der Waals surface area contributed by atoms with Crippen molar-refractivity contribution in [2.75, 3.05) is 4.90 Å². The summed E-state index contributed by atoms with van der Waals surface area (Å²) in [6.07, 6.45) is 0. The van der Waals surface area contributed by atoms with Crippen LogP contribution < -0.4 is 4.90 Å². The number of nitrogens with zero attached hydrogens (tertiary/aromatic N) is 1. The first-order valence-corrected chi connectivity index (χ1v) is 6.38. The summed E-state index contributed by atoms with van der Waals surface area (Å²) < 4.78 is 26.8. The van der Waals surface area contributed by atoms with Crippen LogP contribution in [0.3, 0.4) is 0 Å². The summed E-state index contributed by atoms with van der Waals surface area (Å²) in [7, 11) is 0. The van der Waals surface area contributed by atoms with Crippen LogP contribution in [0.2, 0.25) is 0 Å². The average Bonchev–Trinajstić information content (AvgIpc) is 2.93. The molecular formula is C13H7F2NO2S. The Balaban J connectivity index is 2.09. The van der Waals surface area contributed by atoms with Gasteiger partial charge in [0.15, 0.2) is 0 Å². The molecule has 0 saturated heterocycles. The van der Waals surface area contributed by atoms with E-state index in [-0.39, 0.29) is 17.8 Å². The van der Waals surface area contributed by atoms with Crippen LogP contribution in [-0.4, -0.2) is 11.7 Å². The van der Waals surface area contributed by atoms with Gasteiger partial charge in [-0.05, 0) is 28.5 Å². The number of hydrogen-bond acceptors (Lipinski definition) is 3. The topological polar surface area (TPSA) is 37.4 Å². The van der Waals surface area contributed by atoms with Gasteiger partial charge in [-0.25, -0.2) is 8.78 Å². The Bertz CT molecular complexity index is 682. The Hall–Kier alpha value is -2.08. The van der Waals surface area contributed by atoms with Crippen LogP contribution >= 0.6 is 11.3 Å². The fourth-order valence-corrected chi connectivity index (χ4v) is 2.72. The van der Waals surface area contributed by atoms with Gasteiger partial charge in [0.2, 0.25) is 0 Å². The number of hydrogen-bond donors (Lipinski definition) is 0. The van der Waals surface area contributed by atoms with Crippen molar-refractivity contribution in [3.8, 4) is 0 Å². The molecule has 3 rings (SSSR count). The van der Waals surface area contributed by atoms with Crippen LogP contribution in [0.4, 0.5) is 14.5 Å². The van der Waals surface area contributed by atoms with E-state index in [9.17, 15) is 18.4 Å². The molecule has 3 nitrogen and oxygen atoms in total. The lowest BCUT2D eigenvalue weighted by Gasteiger charge is -2.15. The molecule has 0 fully saturated rings. The second-order valence-electron chi connectivity index (χ2n) is 4.13. The van der Waals surface area contributed by atoms with Crippen LogP contribution in [0.25, 0.3) is 0 Å². The van der Waals surface area contributed by atoms with Gasteiger partial charge in [0.1, 0.15) is 11.6 Å². The van der Waals surface area contributed by atoms with Crippen molar-refractivity contribution in [2.24, 2.45) is 0 Å². The minimum atomic E-state index is -0.999. The molecular weight excluding hydrogens is 272 g/mol. The van der Waals surface area contributed by atoms with Gasteiger partial charge in [-0.2, -0.15) is 11.3 Å². The van der Waals surface area contributed by atoms with E-state index in [1.54, 1.807) is 6.07 Å². The van der Waals surface area contributed by atoms with Gasteiger partial charge < -0.3 is 4.90 Å². The molecule has 0 bridgehead atoms. The number of carbonyl (C=O) groups excluding carboxylic acids is 2. The van der Waals surface area contributed by atoms with E-state index in [2.05, 4.69) is 0 Å². The van der Waals surface area contributed by atoms with Crippen molar-refractivity contribution in [2.45, 2.75) is 6.54 Å². The third-order valence-electron chi connectivity index (χ3n) is 2.91. The predicted molar refractivity (Wildman–Crippen MR) is 66.2 cm³/mol. The second kappa shape index (κ2) is 4.24. The minimum Gasteiger partial charge on any atom is -0.300 e. The number of amides is 1. The van der Waals surface area contributed by atoms with E-state index in [1.165, 1.54) is 11.3 Å². The Morgan fingerprint density at radius 2 is 2.00 bits per heavy atom. The molecule has 0 radical (unpaired) electrons. The minimum absolute atomic E-state index is 0.00120. The third kappa shape index (κ3) is 1.84. The quantitative estimate of drug-likeness (QED) is 0.793. The molecule has 2 heterocycles. The molecule has 0 N–H and O–H groups in total. The summed E-state index contributed by atoms with van der Waals surface area (Å²) in [4.78, 5) is 24.7. The van der Waals surface area contributed by atoms with Gasteiger partial charge in [0, 0.05) is 6.07 Å². The first-order valence-electron chi connectivity index (χ1n) is 5.44. The fraction of sp³-hybridized carbons (Fsp3) is 0.0769. The van der Waals surface area contributed by atoms with E-state index in [1.807, 2.05) is 10.8 Å². The molecule has 1 aliphatic rings. The predicted octanol–water partition coefficient (Wildman–Crippen LogP) is 2.76. The number of fused-ring (bicyclic) bond motifs is 1. The zero-order valence-corrected chi connectivity index (χ0v) is 10.3. The van der Waals surface area contributed by atoms with Crippen molar-refractivity contribution >= 4 is 28.7 Å². The lowest BCUT2D eigenvalue weighted by Crippen LogP contribution is -2.28. The number of anilines is 1. The molecule has 0 aliphatic carbocycles. The molecule has 1 amide bonds. The maximum atomic E-state index is 13.6. The average molecular weight is 279 g/mol. The number of halogens is 2. The maximum absolute atomic E-state index is 13.6. The summed E-state index contributed by atoms with van der Waals surface area (Å²) in [5.41, 5.74) is 0.462. The zero-order valence-electron chi connectivity index (χ0n) is 9.52. The molecule has 0 saturated carbocycles. The number of thiophene rings is 1. The Labute approximate surface area is 111 Å². The molecule has 1 aromatic heterocycles. The molecule has 1 aliphatic heterocycles. The van der Waals surface area contributed by atoms with Crippen molar-refractivity contribution in [1.29, 1.82) is 0 Å². The largest absolute Gasteiger partial charge is 0.300 e. The van der Waals surface area contributed by atoms with E-state index < -0.39 is 23.3 Å². The van der Waals surface area contributed by atoms with E-state index in [0.29, 0.717) is 6.07 Å². The second-order valence-corrected chi connectivity index (χ2v) is 4.91. The summed E-state index contributed by atoms with van der Waals surface area (Å²) >= 11 is 1.44. The Morgan fingerprint density at radius 3 is 2.68 bits per heavy atom. The third-order valence-corrected chi connectivity index (χ3v) is 3.64. The van der Waals surface area contributed by atoms with Crippen LogP contribution in [0.5, 0.6) is 0 Å². The molecule has 1 aromatic carbocycles. The lowest BCUT2D eigenvalue weighted by atomic mass is 10.1. The standard InChI is InChI=1S/C13H7F2NO2S/c14-8-3-9(15)11-10(4-8)16(13(18)12(11)17)5-7-1-2-19-6-7/h1-4,6H,5H2. The Kier molecular flexibility index (Phi) is 2.67. The van der Waals surface area contributed by atoms with Gasteiger partial charge in [0.25, 0.3) is 11.7 Å². The smallest absolute Gasteiger partial charge is 0.299 e. The van der Waals surface area contributed by atoms with Gasteiger partial charge >= 0.3 is 0 Å². The number of Topliss-reactive ketones (excluding diaryl/α,β-unsaturated/α-hetero) is 1. The first kappa shape index (κ1) is 12.0. The molecule has 96 valence electrons. The summed E-state index contributed by atoms with van der Waals surface area (Å²) in [6.45, 7) is 0.129. The SMILES string of the molecule is O=C1C(=O)N(Cc2ccsc2)c2cc(F)cc(F)c21. The monoisotopic (exact) mass is 279 g/mol. The highest BCUT2D eigenvalue weighted by atomic mass is 32.1. The molecule has 0 atom stereocenters. The van der Waals surface area contributed by atoms with Crippen LogP contribution in [0.15, 0.2) is 29.0 Å². The number of rotatable bonds is 2. The maximum Gasteiger partial charge on any atom is 0.299 e. The van der Waals surface area contributed by atoms with Crippen LogP contribution in [0, 0.1) is 11.6 Å². The molecule has 0 unspecified atom stereocenters. The van der Waals surface area contributed by atoms with Gasteiger partial charge in [0.05, 0.1) is 17.8 Å². The number of benzene rings is 1. The van der Waals surface area contributed by atoms with Crippen molar-refractivity contribution in [1.82, 2.24) is 0 Å². The highest BCUT2D eigenvalue weighted by molar-refractivity contribution is 7.07. The van der Waals surface area contributed by atoms with Crippen LogP contribution in [-0.2, 0) is 11.3 Å². The lowest BCUT2D eigenvalue weighted by molar-refractivity contribution is -0.114. The van der Waals surface area contributed by atoms with Crippen molar-refractivity contribution in [3.05, 3.63) is 51.7 Å². The summed E-state index contributed by atoms with van der Waals surface area (Å²) in [5.74, 6) is -3.57. The molecule has 0 spiro atoms. The normalized spacial score (nSPS) is 14.1. The number of carbonyl (C=O) groups is 2. The van der Waals surface area contributed by atoms with Crippen molar-refractivity contribution < 1.29 is 18.4 Å². The zero-order chi connectivity index (χ0) is 13.6. The molecule has 2 aromatic rings.